The summed E-state index contributed by atoms with van der Waals surface area (Å²) in [4.78, 5) is 27.7. The average molecular weight is 453 g/mol. The van der Waals surface area contributed by atoms with Crippen molar-refractivity contribution in [1.29, 1.82) is 0 Å². The lowest BCUT2D eigenvalue weighted by Crippen LogP contribution is -2.29. The zero-order valence-corrected chi connectivity index (χ0v) is 18.2. The minimum Gasteiger partial charge on any atom is -0.507 e. The van der Waals surface area contributed by atoms with Crippen molar-refractivity contribution >= 4 is 33.9 Å². The standard InChI is InChI=1S/C28H20FNO4/c1-34-23-11-4-8-19(15-23)25-24(26(31)20-13-12-17-6-2-3-7-18(17)14-20)27(32)28(33)30(25)22-10-5-9-21(29)16-22/h2-16,25,31H,1H3/b26-24-. The van der Waals surface area contributed by atoms with Crippen LogP contribution in [0.5, 0.6) is 5.75 Å². The van der Waals surface area contributed by atoms with E-state index >= 15 is 0 Å². The molecule has 1 fully saturated rings. The first kappa shape index (κ1) is 21.4. The lowest BCUT2D eigenvalue weighted by atomic mass is 9.94. The van der Waals surface area contributed by atoms with Crippen LogP contribution in [-0.2, 0) is 9.59 Å². The largest absolute Gasteiger partial charge is 0.507 e. The monoisotopic (exact) mass is 453 g/mol. The summed E-state index contributed by atoms with van der Waals surface area (Å²) in [6, 6.07) is 24.3. The highest BCUT2D eigenvalue weighted by Crippen LogP contribution is 2.43. The molecule has 0 bridgehead atoms. The van der Waals surface area contributed by atoms with E-state index in [1.54, 1.807) is 42.5 Å². The third-order valence-electron chi connectivity index (χ3n) is 5.96. The van der Waals surface area contributed by atoms with Crippen molar-refractivity contribution in [3.8, 4) is 5.75 Å². The van der Waals surface area contributed by atoms with Crippen molar-refractivity contribution in [3.63, 3.8) is 0 Å². The number of amides is 1. The smallest absolute Gasteiger partial charge is 0.300 e. The Hall–Kier alpha value is -4.45. The summed E-state index contributed by atoms with van der Waals surface area (Å²) < 4.78 is 19.4. The predicted octanol–water partition coefficient (Wildman–Crippen LogP) is 5.61. The highest BCUT2D eigenvalue weighted by molar-refractivity contribution is 6.51. The van der Waals surface area contributed by atoms with Crippen LogP contribution < -0.4 is 9.64 Å². The van der Waals surface area contributed by atoms with Crippen LogP contribution in [0.25, 0.3) is 16.5 Å². The first-order valence-electron chi connectivity index (χ1n) is 10.7. The van der Waals surface area contributed by atoms with Crippen LogP contribution in [0.1, 0.15) is 17.2 Å². The number of methoxy groups -OCH3 is 1. The molecule has 168 valence electrons. The van der Waals surface area contributed by atoms with Crippen molar-refractivity contribution in [2.45, 2.75) is 6.04 Å². The molecule has 6 heteroatoms. The predicted molar refractivity (Wildman–Crippen MR) is 128 cm³/mol. The number of hydrogen-bond donors (Lipinski definition) is 1. The minimum absolute atomic E-state index is 0.0715. The zero-order chi connectivity index (χ0) is 23.8. The van der Waals surface area contributed by atoms with Crippen LogP contribution in [0.4, 0.5) is 10.1 Å². The molecule has 0 aliphatic carbocycles. The number of anilines is 1. The van der Waals surface area contributed by atoms with E-state index in [4.69, 9.17) is 4.74 Å². The van der Waals surface area contributed by atoms with Crippen LogP contribution in [0.15, 0.2) is 96.6 Å². The van der Waals surface area contributed by atoms with Crippen LogP contribution in [0.2, 0.25) is 0 Å². The van der Waals surface area contributed by atoms with Crippen LogP contribution >= 0.6 is 0 Å². The number of Topliss-reactive ketones (excluding diaryl/α,β-unsaturated/α-hetero) is 1. The number of benzene rings is 4. The van der Waals surface area contributed by atoms with Gasteiger partial charge in [0, 0.05) is 11.3 Å². The van der Waals surface area contributed by atoms with E-state index in [0.29, 0.717) is 16.9 Å². The molecule has 1 aliphatic heterocycles. The Bertz CT molecular complexity index is 1480. The Balaban J connectivity index is 1.74. The molecule has 1 unspecified atom stereocenters. The molecular weight excluding hydrogens is 433 g/mol. The highest BCUT2D eigenvalue weighted by atomic mass is 19.1. The molecule has 1 aliphatic rings. The Labute approximate surface area is 195 Å². The Morgan fingerprint density at radius 3 is 2.41 bits per heavy atom. The summed E-state index contributed by atoms with van der Waals surface area (Å²) in [5.41, 5.74) is 1.10. The van der Waals surface area contributed by atoms with Gasteiger partial charge in [0.1, 0.15) is 17.3 Å². The average Bonchev–Trinajstić information content (AvgIpc) is 3.13. The Morgan fingerprint density at radius 2 is 1.65 bits per heavy atom. The van der Waals surface area contributed by atoms with Gasteiger partial charge in [-0.15, -0.1) is 0 Å². The van der Waals surface area contributed by atoms with E-state index < -0.39 is 23.5 Å². The van der Waals surface area contributed by atoms with Gasteiger partial charge in [-0.05, 0) is 52.7 Å². The second kappa shape index (κ2) is 8.48. The Morgan fingerprint density at radius 1 is 0.882 bits per heavy atom. The van der Waals surface area contributed by atoms with Crippen molar-refractivity contribution in [2.24, 2.45) is 0 Å². The molecule has 5 rings (SSSR count). The van der Waals surface area contributed by atoms with E-state index in [0.717, 1.165) is 10.8 Å². The van der Waals surface area contributed by atoms with Crippen LogP contribution in [0.3, 0.4) is 0 Å². The van der Waals surface area contributed by atoms with Gasteiger partial charge in [-0.2, -0.15) is 0 Å². The fourth-order valence-corrected chi connectivity index (χ4v) is 4.34. The summed E-state index contributed by atoms with van der Waals surface area (Å²) in [7, 11) is 1.51. The van der Waals surface area contributed by atoms with Gasteiger partial charge in [0.05, 0.1) is 18.7 Å². The van der Waals surface area contributed by atoms with E-state index in [2.05, 4.69) is 0 Å². The number of ether oxygens (including phenoxy) is 1. The number of aliphatic hydroxyl groups excluding tert-OH is 1. The van der Waals surface area contributed by atoms with Gasteiger partial charge in [-0.25, -0.2) is 4.39 Å². The second-order valence-corrected chi connectivity index (χ2v) is 7.99. The van der Waals surface area contributed by atoms with E-state index in [-0.39, 0.29) is 17.0 Å². The quantitative estimate of drug-likeness (QED) is 0.248. The van der Waals surface area contributed by atoms with Gasteiger partial charge >= 0.3 is 0 Å². The molecule has 1 heterocycles. The molecule has 1 atom stereocenters. The van der Waals surface area contributed by atoms with Crippen molar-refractivity contribution in [3.05, 3.63) is 114 Å². The SMILES string of the molecule is COc1cccc(C2/C(=C(/O)c3ccc4ccccc4c3)C(=O)C(=O)N2c2cccc(F)c2)c1. The normalized spacial score (nSPS) is 17.4. The highest BCUT2D eigenvalue weighted by Gasteiger charge is 2.47. The van der Waals surface area contributed by atoms with Crippen LogP contribution in [0, 0.1) is 5.82 Å². The number of carbonyl (C=O) groups excluding carboxylic acids is 2. The summed E-state index contributed by atoms with van der Waals surface area (Å²) in [5.74, 6) is -2.01. The number of aliphatic hydroxyl groups is 1. The first-order valence-corrected chi connectivity index (χ1v) is 10.7. The third-order valence-corrected chi connectivity index (χ3v) is 5.96. The molecule has 1 saturated heterocycles. The fraction of sp³-hybridized carbons (Fsp3) is 0.0714. The first-order chi connectivity index (χ1) is 16.5. The number of fused-ring (bicyclic) bond motifs is 1. The van der Waals surface area contributed by atoms with Crippen LogP contribution in [-0.4, -0.2) is 23.9 Å². The molecule has 0 spiro atoms. The Kier molecular flexibility index (Phi) is 5.34. The molecule has 0 aromatic heterocycles. The number of ketones is 1. The maximum atomic E-state index is 14.1. The molecule has 5 nitrogen and oxygen atoms in total. The number of nitrogens with zero attached hydrogens (tertiary/aromatic N) is 1. The molecule has 0 saturated carbocycles. The fourth-order valence-electron chi connectivity index (χ4n) is 4.34. The molecule has 1 amide bonds. The maximum absolute atomic E-state index is 14.1. The lowest BCUT2D eigenvalue weighted by Gasteiger charge is -2.25. The molecule has 0 radical (unpaired) electrons. The molecular formula is C28H20FNO4. The van der Waals surface area contributed by atoms with Crippen molar-refractivity contribution < 1.29 is 23.8 Å². The minimum atomic E-state index is -0.969. The molecule has 34 heavy (non-hydrogen) atoms. The zero-order valence-electron chi connectivity index (χ0n) is 18.2. The van der Waals surface area contributed by atoms with Gasteiger partial charge < -0.3 is 9.84 Å². The van der Waals surface area contributed by atoms with Gasteiger partial charge in [0.15, 0.2) is 0 Å². The third kappa shape index (κ3) is 3.59. The van der Waals surface area contributed by atoms with Gasteiger partial charge in [-0.1, -0.05) is 54.6 Å². The summed E-state index contributed by atoms with van der Waals surface area (Å²) >= 11 is 0. The van der Waals surface area contributed by atoms with Gasteiger partial charge in [0.2, 0.25) is 0 Å². The van der Waals surface area contributed by atoms with E-state index in [1.807, 2.05) is 30.3 Å². The molecule has 1 N–H and O–H groups in total. The van der Waals surface area contributed by atoms with E-state index in [9.17, 15) is 19.1 Å². The summed E-state index contributed by atoms with van der Waals surface area (Å²) in [5, 5.41) is 13.2. The molecule has 4 aromatic rings. The number of rotatable bonds is 4. The van der Waals surface area contributed by atoms with E-state index in [1.165, 1.54) is 30.2 Å². The number of halogens is 1. The van der Waals surface area contributed by atoms with Crippen molar-refractivity contribution in [1.82, 2.24) is 0 Å². The lowest BCUT2D eigenvalue weighted by molar-refractivity contribution is -0.132. The summed E-state index contributed by atoms with van der Waals surface area (Å²) in [6.07, 6.45) is 0. The van der Waals surface area contributed by atoms with Crippen molar-refractivity contribution in [2.75, 3.05) is 12.0 Å². The van der Waals surface area contributed by atoms with Gasteiger partial charge in [-0.3, -0.25) is 14.5 Å². The summed E-state index contributed by atoms with van der Waals surface area (Å²) in [6.45, 7) is 0. The van der Waals surface area contributed by atoms with Gasteiger partial charge in [0.25, 0.3) is 11.7 Å². The second-order valence-electron chi connectivity index (χ2n) is 7.99. The maximum Gasteiger partial charge on any atom is 0.300 e. The topological polar surface area (TPSA) is 66.8 Å². The molecule has 4 aromatic carbocycles. The number of carbonyl (C=O) groups is 2. The number of hydrogen-bond acceptors (Lipinski definition) is 4.